The normalized spacial score (nSPS) is 30.5. The zero-order valence-corrected chi connectivity index (χ0v) is 19.1. The predicted octanol–water partition coefficient (Wildman–Crippen LogP) is 1.98. The highest BCUT2D eigenvalue weighted by Gasteiger charge is 2.81. The molecule has 0 aromatic heterocycles. The van der Waals surface area contributed by atoms with Crippen LogP contribution < -0.4 is 11.1 Å². The fourth-order valence-corrected chi connectivity index (χ4v) is 6.02. The van der Waals surface area contributed by atoms with Gasteiger partial charge in [-0.15, -0.1) is 0 Å². The summed E-state index contributed by atoms with van der Waals surface area (Å²) in [5.74, 6) is 10.5. The van der Waals surface area contributed by atoms with Crippen LogP contribution in [0.15, 0.2) is 36.4 Å². The Morgan fingerprint density at radius 3 is 2.60 bits per heavy atom. The molecule has 0 radical (unpaired) electrons. The number of epoxide rings is 1. The third kappa shape index (κ3) is 2.47. The number of nitrogens with one attached hydrogen (secondary N) is 1. The van der Waals surface area contributed by atoms with Gasteiger partial charge in [0.05, 0.1) is 28.8 Å². The number of anilines is 1. The van der Waals surface area contributed by atoms with E-state index in [4.69, 9.17) is 10.5 Å². The van der Waals surface area contributed by atoms with Gasteiger partial charge in [0.15, 0.2) is 17.2 Å². The van der Waals surface area contributed by atoms with Crippen molar-refractivity contribution < 1.29 is 24.5 Å². The maximum Gasteiger partial charge on any atom is 0.198 e. The Bertz CT molecular complexity index is 1520. The van der Waals surface area contributed by atoms with Gasteiger partial charge in [-0.1, -0.05) is 41.9 Å². The van der Waals surface area contributed by atoms with E-state index < -0.39 is 40.8 Å². The van der Waals surface area contributed by atoms with Crippen LogP contribution in [0.25, 0.3) is 0 Å². The number of ether oxygens (including phenoxy) is 1. The van der Waals surface area contributed by atoms with Crippen molar-refractivity contribution in [2.24, 2.45) is 11.7 Å². The lowest BCUT2D eigenvalue weighted by molar-refractivity contribution is 0.0868. The number of carbonyl (C=O) groups excluding carboxylic acids is 2. The summed E-state index contributed by atoms with van der Waals surface area (Å²) in [6, 6.07) is 5.71. The van der Waals surface area contributed by atoms with Gasteiger partial charge >= 0.3 is 0 Å². The molecular weight excluding hydrogens is 444 g/mol. The predicted molar refractivity (Wildman–Crippen MR) is 128 cm³/mol. The van der Waals surface area contributed by atoms with Crippen molar-refractivity contribution in [3.05, 3.63) is 69.8 Å². The van der Waals surface area contributed by atoms with E-state index in [9.17, 15) is 19.8 Å². The maximum absolute atomic E-state index is 13.9. The smallest absolute Gasteiger partial charge is 0.198 e. The quantitative estimate of drug-likeness (QED) is 0.259. The zero-order valence-electron chi connectivity index (χ0n) is 19.1. The van der Waals surface area contributed by atoms with Crippen LogP contribution in [-0.2, 0) is 16.9 Å². The largest absolute Gasteiger partial charge is 0.507 e. The van der Waals surface area contributed by atoms with Crippen LogP contribution in [0.3, 0.4) is 0 Å². The lowest BCUT2D eigenvalue weighted by Crippen LogP contribution is -2.53. The molecule has 2 aliphatic heterocycles. The number of ketones is 2. The van der Waals surface area contributed by atoms with Crippen LogP contribution in [0.4, 0.5) is 5.69 Å². The highest BCUT2D eigenvalue weighted by atomic mass is 16.6. The molecule has 2 aromatic carbocycles. The Morgan fingerprint density at radius 2 is 1.89 bits per heavy atom. The van der Waals surface area contributed by atoms with Crippen LogP contribution in [0, 0.1) is 29.6 Å². The van der Waals surface area contributed by atoms with Crippen molar-refractivity contribution in [1.82, 2.24) is 0 Å². The summed E-state index contributed by atoms with van der Waals surface area (Å²) >= 11 is 0. The second-order valence-electron chi connectivity index (χ2n) is 9.29. The Morgan fingerprint density at radius 1 is 1.14 bits per heavy atom. The molecular formula is C28H22N2O5. The number of aromatic hydroxyl groups is 1. The topological polar surface area (TPSA) is 125 Å². The van der Waals surface area contributed by atoms with Gasteiger partial charge < -0.3 is 26.0 Å². The summed E-state index contributed by atoms with van der Waals surface area (Å²) in [5.41, 5.74) is 5.40. The fourth-order valence-electron chi connectivity index (χ4n) is 6.02. The average molecular weight is 466 g/mol. The number of carbonyl (C=O) groups is 2. The molecule has 35 heavy (non-hydrogen) atoms. The maximum atomic E-state index is 13.9. The minimum atomic E-state index is -1.16. The Hall–Kier alpha value is -3.88. The minimum Gasteiger partial charge on any atom is -0.507 e. The van der Waals surface area contributed by atoms with E-state index in [-0.39, 0.29) is 34.5 Å². The SMILES string of the molecule is C[C@@H]1C#C/C=C\C#C[C@@H]2Nc3c(cc(O)c4c3C(=O)c3c(CN)cccc3C4=O)[C@]13O[C@@]23[C@@H](C)O. The first kappa shape index (κ1) is 21.6. The van der Waals surface area contributed by atoms with E-state index >= 15 is 0 Å². The van der Waals surface area contributed by atoms with Crippen LogP contribution in [0.1, 0.15) is 56.8 Å². The van der Waals surface area contributed by atoms with E-state index in [1.54, 1.807) is 37.3 Å². The number of fused-ring (bicyclic) bond motifs is 4. The molecule has 5 N–H and O–H groups in total. The minimum absolute atomic E-state index is 0.0621. The summed E-state index contributed by atoms with van der Waals surface area (Å²) in [5, 5.41) is 25.3. The highest BCUT2D eigenvalue weighted by molar-refractivity contribution is 6.31. The fraction of sp³-hybridized carbons (Fsp3) is 0.286. The number of allylic oxidation sites excluding steroid dienone is 2. The summed E-state index contributed by atoms with van der Waals surface area (Å²) in [4.78, 5) is 27.5. The van der Waals surface area contributed by atoms with E-state index in [0.29, 0.717) is 16.8 Å². The number of hydrogen-bond donors (Lipinski definition) is 4. The molecule has 2 aromatic rings. The summed E-state index contributed by atoms with van der Waals surface area (Å²) < 4.78 is 6.40. The van der Waals surface area contributed by atoms with Gasteiger partial charge in [0.2, 0.25) is 0 Å². The number of hydrogen-bond acceptors (Lipinski definition) is 7. The molecule has 5 atom stereocenters. The van der Waals surface area contributed by atoms with Gasteiger partial charge in [-0.3, -0.25) is 9.59 Å². The number of nitrogens with two attached hydrogens (primary N) is 1. The Kier molecular flexibility index (Phi) is 4.37. The van der Waals surface area contributed by atoms with Gasteiger partial charge in [0.1, 0.15) is 17.4 Å². The lowest BCUT2D eigenvalue weighted by Gasteiger charge is -2.38. The van der Waals surface area contributed by atoms with Crippen LogP contribution in [0.2, 0.25) is 0 Å². The standard InChI is InChI=1S/C28H22N2O5/c1-14-8-5-3-4-6-11-20-28(15(2)31)27(14,35-28)18-12-19(32)22-23(24(18)30-20)26(34)21-16(13-29)9-7-10-17(21)25(22)33/h3-4,7,9-10,12,14-15,20,30-32H,13,29H2,1-2H3/b4-3-/t14-,15-,20+,27-,28+/m1/s1. The number of phenols is 1. The molecule has 7 heteroatoms. The third-order valence-electron chi connectivity index (χ3n) is 7.60. The van der Waals surface area contributed by atoms with Crippen molar-refractivity contribution in [2.45, 2.75) is 43.7 Å². The first-order valence-electron chi connectivity index (χ1n) is 11.4. The third-order valence-corrected chi connectivity index (χ3v) is 7.60. The second-order valence-corrected chi connectivity index (χ2v) is 9.29. The molecule has 4 aliphatic rings. The molecule has 7 nitrogen and oxygen atoms in total. The van der Waals surface area contributed by atoms with E-state index in [1.807, 2.05) is 6.92 Å². The molecule has 2 bridgehead atoms. The molecule has 1 fully saturated rings. The zero-order chi connectivity index (χ0) is 24.7. The Labute approximate surface area is 202 Å². The molecule has 0 saturated carbocycles. The van der Waals surface area contributed by atoms with Crippen molar-refractivity contribution >= 4 is 17.3 Å². The monoisotopic (exact) mass is 466 g/mol. The number of aliphatic hydroxyl groups is 1. The van der Waals surface area contributed by atoms with Crippen molar-refractivity contribution in [3.63, 3.8) is 0 Å². The molecule has 174 valence electrons. The first-order chi connectivity index (χ1) is 16.8. The van der Waals surface area contributed by atoms with Gasteiger partial charge in [-0.05, 0) is 37.6 Å². The average Bonchev–Trinajstić information content (AvgIpc) is 3.57. The van der Waals surface area contributed by atoms with Gasteiger partial charge in [-0.25, -0.2) is 0 Å². The van der Waals surface area contributed by atoms with Crippen LogP contribution in [0.5, 0.6) is 5.75 Å². The van der Waals surface area contributed by atoms with Gasteiger partial charge in [0, 0.05) is 23.2 Å². The molecule has 0 spiro atoms. The molecule has 6 rings (SSSR count). The van der Waals surface area contributed by atoms with E-state index in [0.717, 1.165) is 0 Å². The second kappa shape index (κ2) is 7.07. The summed E-state index contributed by atoms with van der Waals surface area (Å²) in [6.07, 6.45) is 2.31. The number of aliphatic hydroxyl groups excluding tert-OH is 1. The molecule has 0 unspecified atom stereocenters. The first-order valence-corrected chi connectivity index (χ1v) is 11.4. The summed E-state index contributed by atoms with van der Waals surface area (Å²) in [6.45, 7) is 3.58. The van der Waals surface area contributed by atoms with Crippen LogP contribution >= 0.6 is 0 Å². The van der Waals surface area contributed by atoms with Crippen molar-refractivity contribution in [2.75, 3.05) is 5.32 Å². The highest BCUT2D eigenvalue weighted by Crippen LogP contribution is 2.68. The van der Waals surface area contributed by atoms with Crippen molar-refractivity contribution in [3.8, 4) is 29.4 Å². The number of rotatable bonds is 2. The molecule has 2 aliphatic carbocycles. The Balaban J connectivity index is 1.69. The molecule has 2 heterocycles. The van der Waals surface area contributed by atoms with Crippen LogP contribution in [-0.4, -0.2) is 39.5 Å². The van der Waals surface area contributed by atoms with Crippen molar-refractivity contribution in [1.29, 1.82) is 0 Å². The number of benzene rings is 2. The van der Waals surface area contributed by atoms with E-state index in [2.05, 4.69) is 29.0 Å². The molecule has 1 saturated heterocycles. The van der Waals surface area contributed by atoms with E-state index in [1.165, 1.54) is 6.07 Å². The molecule has 0 amide bonds. The van der Waals surface area contributed by atoms with Gasteiger partial charge in [-0.2, -0.15) is 0 Å². The number of phenolic OH excluding ortho intramolecular Hbond substituents is 1. The summed E-state index contributed by atoms with van der Waals surface area (Å²) in [7, 11) is 0. The lowest BCUT2D eigenvalue weighted by atomic mass is 9.67. The van der Waals surface area contributed by atoms with Gasteiger partial charge in [0.25, 0.3) is 0 Å².